The molecular weight excluding hydrogens is 293 g/mol. The van der Waals surface area contributed by atoms with E-state index in [1.807, 2.05) is 6.92 Å². The molecule has 0 saturated carbocycles. The van der Waals surface area contributed by atoms with E-state index < -0.39 is 9.84 Å². The highest BCUT2D eigenvalue weighted by molar-refractivity contribution is 7.94. The highest BCUT2D eigenvalue weighted by Gasteiger charge is 2.25. The zero-order chi connectivity index (χ0) is 15.5. The first-order valence-corrected chi connectivity index (χ1v) is 8.54. The van der Waals surface area contributed by atoms with Gasteiger partial charge in [0.2, 0.25) is 5.91 Å². The Hall–Kier alpha value is -1.69. The quantitative estimate of drug-likeness (QED) is 0.837. The number of carbonyl (C=O) groups excluding carboxylic acids is 1. The molecule has 0 aromatic heterocycles. The molecule has 1 atom stereocenters. The SMILES string of the molecule is CCN(Cc1ccc(F)cc1)C(=O)C[C@H]1C=CS(=O)(=O)C1. The number of sulfone groups is 1. The molecule has 0 spiro atoms. The molecule has 1 aliphatic rings. The first-order valence-electron chi connectivity index (χ1n) is 6.83. The minimum atomic E-state index is -3.13. The fourth-order valence-corrected chi connectivity index (χ4v) is 3.71. The van der Waals surface area contributed by atoms with E-state index in [1.54, 1.807) is 23.1 Å². The van der Waals surface area contributed by atoms with E-state index in [0.717, 1.165) is 5.56 Å². The van der Waals surface area contributed by atoms with Crippen molar-refractivity contribution in [2.75, 3.05) is 12.3 Å². The van der Waals surface area contributed by atoms with Crippen molar-refractivity contribution in [3.05, 3.63) is 47.1 Å². The predicted octanol–water partition coefficient (Wildman–Crippen LogP) is 2.12. The summed E-state index contributed by atoms with van der Waals surface area (Å²) in [7, 11) is -3.13. The zero-order valence-electron chi connectivity index (χ0n) is 11.8. The Kier molecular flexibility index (Phi) is 4.77. The zero-order valence-corrected chi connectivity index (χ0v) is 12.6. The minimum Gasteiger partial charge on any atom is -0.339 e. The van der Waals surface area contributed by atoms with Gasteiger partial charge in [0.15, 0.2) is 9.84 Å². The number of halogens is 1. The number of amides is 1. The van der Waals surface area contributed by atoms with Crippen molar-refractivity contribution in [3.63, 3.8) is 0 Å². The van der Waals surface area contributed by atoms with E-state index in [0.29, 0.717) is 13.1 Å². The van der Waals surface area contributed by atoms with Crippen LogP contribution >= 0.6 is 0 Å². The van der Waals surface area contributed by atoms with Crippen LogP contribution in [0, 0.1) is 11.7 Å². The van der Waals surface area contributed by atoms with Gasteiger partial charge in [0.1, 0.15) is 5.82 Å². The summed E-state index contributed by atoms with van der Waals surface area (Å²) in [6, 6.07) is 6.01. The summed E-state index contributed by atoms with van der Waals surface area (Å²) in [4.78, 5) is 13.9. The van der Waals surface area contributed by atoms with Crippen LogP contribution in [-0.2, 0) is 21.2 Å². The van der Waals surface area contributed by atoms with E-state index in [2.05, 4.69) is 0 Å². The molecule has 1 amide bonds. The Morgan fingerprint density at radius 1 is 1.33 bits per heavy atom. The maximum atomic E-state index is 12.9. The third-order valence-corrected chi connectivity index (χ3v) is 4.93. The summed E-state index contributed by atoms with van der Waals surface area (Å²) in [5.74, 6) is -0.639. The van der Waals surface area contributed by atoms with Gasteiger partial charge in [0.25, 0.3) is 0 Å². The molecular formula is C15H18FNO3S. The van der Waals surface area contributed by atoms with E-state index in [1.165, 1.54) is 17.5 Å². The second kappa shape index (κ2) is 6.39. The normalized spacial score (nSPS) is 19.6. The molecule has 0 aliphatic carbocycles. The molecule has 0 saturated heterocycles. The fraction of sp³-hybridized carbons (Fsp3) is 0.400. The first-order chi connectivity index (χ1) is 9.89. The highest BCUT2D eigenvalue weighted by atomic mass is 32.2. The van der Waals surface area contributed by atoms with Gasteiger partial charge in [-0.2, -0.15) is 0 Å². The lowest BCUT2D eigenvalue weighted by molar-refractivity contribution is -0.132. The number of hydrogen-bond donors (Lipinski definition) is 0. The first kappa shape index (κ1) is 15.7. The van der Waals surface area contributed by atoms with Crippen LogP contribution in [0.25, 0.3) is 0 Å². The number of allylic oxidation sites excluding steroid dienone is 1. The van der Waals surface area contributed by atoms with Crippen LogP contribution in [0.4, 0.5) is 4.39 Å². The lowest BCUT2D eigenvalue weighted by atomic mass is 10.1. The van der Waals surface area contributed by atoms with Gasteiger partial charge >= 0.3 is 0 Å². The molecule has 114 valence electrons. The van der Waals surface area contributed by atoms with Crippen molar-refractivity contribution in [2.24, 2.45) is 5.92 Å². The summed E-state index contributed by atoms with van der Waals surface area (Å²) in [6.07, 6.45) is 1.77. The Bertz CT molecular complexity index is 637. The van der Waals surface area contributed by atoms with Crippen LogP contribution in [0.5, 0.6) is 0 Å². The summed E-state index contributed by atoms with van der Waals surface area (Å²) in [5.41, 5.74) is 0.848. The molecule has 0 radical (unpaired) electrons. The van der Waals surface area contributed by atoms with Gasteiger partial charge in [0, 0.05) is 30.8 Å². The number of rotatable bonds is 5. The van der Waals surface area contributed by atoms with Crippen molar-refractivity contribution >= 4 is 15.7 Å². The molecule has 0 unspecified atom stereocenters. The molecule has 1 aliphatic heterocycles. The third-order valence-electron chi connectivity index (χ3n) is 3.46. The van der Waals surface area contributed by atoms with Crippen molar-refractivity contribution in [1.29, 1.82) is 0 Å². The standard InChI is InChI=1S/C15H18FNO3S/c1-2-17(10-12-3-5-14(16)6-4-12)15(18)9-13-7-8-21(19,20)11-13/h3-8,13H,2,9-11H2,1H3/t13-/m1/s1. The fourth-order valence-electron chi connectivity index (χ4n) is 2.31. The number of carbonyl (C=O) groups is 1. The van der Waals surface area contributed by atoms with Crippen LogP contribution in [0.2, 0.25) is 0 Å². The van der Waals surface area contributed by atoms with Gasteiger partial charge in [-0.1, -0.05) is 18.2 Å². The van der Waals surface area contributed by atoms with Crippen LogP contribution in [0.3, 0.4) is 0 Å². The smallest absolute Gasteiger partial charge is 0.223 e. The van der Waals surface area contributed by atoms with E-state index in [9.17, 15) is 17.6 Å². The van der Waals surface area contributed by atoms with Gasteiger partial charge in [0.05, 0.1) is 5.75 Å². The molecule has 2 rings (SSSR count). The largest absolute Gasteiger partial charge is 0.339 e. The van der Waals surface area contributed by atoms with Gasteiger partial charge in [-0.05, 0) is 24.6 Å². The summed E-state index contributed by atoms with van der Waals surface area (Å²) < 4.78 is 35.5. The van der Waals surface area contributed by atoms with E-state index in [4.69, 9.17) is 0 Å². The molecule has 6 heteroatoms. The van der Waals surface area contributed by atoms with Gasteiger partial charge in [-0.15, -0.1) is 0 Å². The lowest BCUT2D eigenvalue weighted by Gasteiger charge is -2.22. The van der Waals surface area contributed by atoms with Crippen LogP contribution in [0.1, 0.15) is 18.9 Å². The Labute approximate surface area is 124 Å². The molecule has 0 N–H and O–H groups in total. The number of nitrogens with zero attached hydrogens (tertiary/aromatic N) is 1. The van der Waals surface area contributed by atoms with Gasteiger partial charge in [-0.25, -0.2) is 12.8 Å². The molecule has 0 bridgehead atoms. The second-order valence-electron chi connectivity index (χ2n) is 5.16. The van der Waals surface area contributed by atoms with Gasteiger partial charge < -0.3 is 4.90 Å². The van der Waals surface area contributed by atoms with Crippen LogP contribution < -0.4 is 0 Å². The Morgan fingerprint density at radius 2 is 2.00 bits per heavy atom. The average Bonchev–Trinajstić information content (AvgIpc) is 2.77. The van der Waals surface area contributed by atoms with Crippen molar-refractivity contribution in [1.82, 2.24) is 4.90 Å². The number of hydrogen-bond acceptors (Lipinski definition) is 3. The second-order valence-corrected chi connectivity index (χ2v) is 7.09. The third kappa shape index (κ3) is 4.39. The predicted molar refractivity (Wildman–Crippen MR) is 78.5 cm³/mol. The van der Waals surface area contributed by atoms with Gasteiger partial charge in [-0.3, -0.25) is 4.79 Å². The number of benzene rings is 1. The maximum absolute atomic E-state index is 12.9. The molecule has 1 heterocycles. The minimum absolute atomic E-state index is 0.00679. The van der Waals surface area contributed by atoms with Crippen molar-refractivity contribution in [2.45, 2.75) is 19.9 Å². The van der Waals surface area contributed by atoms with E-state index in [-0.39, 0.29) is 29.8 Å². The maximum Gasteiger partial charge on any atom is 0.223 e. The summed E-state index contributed by atoms with van der Waals surface area (Å²) >= 11 is 0. The summed E-state index contributed by atoms with van der Waals surface area (Å²) in [5, 5.41) is 1.18. The van der Waals surface area contributed by atoms with Crippen molar-refractivity contribution in [3.8, 4) is 0 Å². The molecule has 4 nitrogen and oxygen atoms in total. The molecule has 0 fully saturated rings. The van der Waals surface area contributed by atoms with Crippen LogP contribution in [-0.4, -0.2) is 31.5 Å². The van der Waals surface area contributed by atoms with E-state index >= 15 is 0 Å². The Morgan fingerprint density at radius 3 is 2.52 bits per heavy atom. The molecule has 1 aromatic rings. The van der Waals surface area contributed by atoms with Crippen LogP contribution in [0.15, 0.2) is 35.7 Å². The highest BCUT2D eigenvalue weighted by Crippen LogP contribution is 2.20. The van der Waals surface area contributed by atoms with Crippen molar-refractivity contribution < 1.29 is 17.6 Å². The summed E-state index contributed by atoms with van der Waals surface area (Å²) in [6.45, 7) is 2.79. The topological polar surface area (TPSA) is 54.5 Å². The molecule has 21 heavy (non-hydrogen) atoms. The average molecular weight is 311 g/mol. The monoisotopic (exact) mass is 311 g/mol. The molecule has 1 aromatic carbocycles. The lowest BCUT2D eigenvalue weighted by Crippen LogP contribution is -2.31. The Balaban J connectivity index is 1.96.